The van der Waals surface area contributed by atoms with Crippen molar-refractivity contribution in [1.29, 1.82) is 0 Å². The van der Waals surface area contributed by atoms with Gasteiger partial charge in [-0.05, 0) is 32.8 Å². The third-order valence-electron chi connectivity index (χ3n) is 2.70. The summed E-state index contributed by atoms with van der Waals surface area (Å²) >= 11 is -1.21. The Morgan fingerprint density at radius 3 is 2.22 bits per heavy atom. The van der Waals surface area contributed by atoms with E-state index in [1.807, 2.05) is 34.6 Å². The van der Waals surface area contributed by atoms with Crippen LogP contribution in [0.5, 0.6) is 0 Å². The van der Waals surface area contributed by atoms with E-state index in [4.69, 9.17) is 0 Å². The Morgan fingerprint density at radius 1 is 1.22 bits per heavy atom. The van der Waals surface area contributed by atoms with Crippen molar-refractivity contribution in [3.8, 4) is 0 Å². The standard InChI is InChI=1S/C14H22FNOS/c1-10(2)13(16-18(17)14(3,4)5)11-8-6-7-9-12(11)15/h6-10,13,16H,1-5H3/t13-,18?/m0/s1. The summed E-state index contributed by atoms with van der Waals surface area (Å²) in [6, 6.07) is 6.40. The summed E-state index contributed by atoms with van der Waals surface area (Å²) in [5.74, 6) is -0.0946. The van der Waals surface area contributed by atoms with Crippen LogP contribution in [0.15, 0.2) is 24.3 Å². The Bertz CT molecular complexity index is 390. The fourth-order valence-corrected chi connectivity index (χ4v) is 2.56. The van der Waals surface area contributed by atoms with Gasteiger partial charge in [0.1, 0.15) is 10.6 Å². The molecule has 1 N–H and O–H groups in total. The van der Waals surface area contributed by atoms with Gasteiger partial charge in [0.2, 0.25) is 0 Å². The molecule has 4 heteroatoms. The highest BCUT2D eigenvalue weighted by atomic mass is 32.2. The Hall–Kier alpha value is -0.580. The van der Waals surface area contributed by atoms with Crippen molar-refractivity contribution in [3.05, 3.63) is 35.6 Å². The molecule has 2 atom stereocenters. The molecule has 1 aromatic rings. The molecule has 1 aromatic carbocycles. The van der Waals surface area contributed by atoms with Crippen molar-refractivity contribution in [3.63, 3.8) is 0 Å². The molecular weight excluding hydrogens is 249 g/mol. The fourth-order valence-electron chi connectivity index (χ4n) is 1.58. The van der Waals surface area contributed by atoms with E-state index in [0.29, 0.717) is 5.56 Å². The fraction of sp³-hybridized carbons (Fsp3) is 0.571. The van der Waals surface area contributed by atoms with Crippen LogP contribution in [0.4, 0.5) is 4.39 Å². The van der Waals surface area contributed by atoms with E-state index < -0.39 is 11.4 Å². The van der Waals surface area contributed by atoms with Crippen molar-refractivity contribution in [2.24, 2.45) is 5.92 Å². The summed E-state index contributed by atoms with van der Waals surface area (Å²) in [6.45, 7) is 9.67. The Morgan fingerprint density at radius 2 is 1.78 bits per heavy atom. The maximum Gasteiger partial charge on any atom is 0.136 e. The number of hydrogen-bond donors (Lipinski definition) is 1. The van der Waals surface area contributed by atoms with Gasteiger partial charge in [0.15, 0.2) is 0 Å². The molecule has 102 valence electrons. The summed E-state index contributed by atoms with van der Waals surface area (Å²) < 4.78 is 28.6. The van der Waals surface area contributed by atoms with Gasteiger partial charge in [-0.25, -0.2) is 4.39 Å². The van der Waals surface area contributed by atoms with E-state index in [2.05, 4.69) is 4.72 Å². The van der Waals surface area contributed by atoms with Crippen molar-refractivity contribution >= 4 is 11.4 Å². The van der Waals surface area contributed by atoms with Gasteiger partial charge in [-0.1, -0.05) is 32.0 Å². The lowest BCUT2D eigenvalue weighted by molar-refractivity contribution is 0.436. The topological polar surface area (TPSA) is 35.1 Å². The van der Waals surface area contributed by atoms with E-state index >= 15 is 0 Å². The van der Waals surface area contributed by atoms with Crippen LogP contribution in [0, 0.1) is 11.7 Å². The maximum atomic E-state index is 13.8. The number of rotatable bonds is 4. The zero-order valence-corrected chi connectivity index (χ0v) is 12.5. The van der Waals surface area contributed by atoms with E-state index in [9.17, 15) is 8.94 Å². The minimum absolute atomic E-state index is 0.160. The van der Waals surface area contributed by atoms with Crippen LogP contribution in [0.1, 0.15) is 46.2 Å². The number of halogens is 1. The van der Waals surface area contributed by atoms with Crippen LogP contribution in [0.25, 0.3) is 0 Å². The van der Waals surface area contributed by atoms with E-state index in [-0.39, 0.29) is 22.5 Å². The lowest BCUT2D eigenvalue weighted by Gasteiger charge is -2.30. The maximum absolute atomic E-state index is 13.8. The molecule has 2 nitrogen and oxygen atoms in total. The summed E-state index contributed by atoms with van der Waals surface area (Å²) in [5.41, 5.74) is 0.574. The highest BCUT2D eigenvalue weighted by Gasteiger charge is 2.31. The average Bonchev–Trinajstić information content (AvgIpc) is 2.25. The summed E-state index contributed by atoms with van der Waals surface area (Å²) in [6.07, 6.45) is 0. The van der Waals surface area contributed by atoms with Gasteiger partial charge in [-0.15, -0.1) is 4.72 Å². The first kappa shape index (κ1) is 15.5. The Balaban J connectivity index is 2.95. The zero-order valence-electron chi connectivity index (χ0n) is 11.7. The van der Waals surface area contributed by atoms with E-state index in [1.54, 1.807) is 18.2 Å². The van der Waals surface area contributed by atoms with Crippen LogP contribution in [-0.4, -0.2) is 9.30 Å². The first-order valence-electron chi connectivity index (χ1n) is 6.16. The van der Waals surface area contributed by atoms with Crippen LogP contribution in [0.3, 0.4) is 0 Å². The SMILES string of the molecule is CC(C)[C@H](N[S+]([O-])C(C)(C)C)c1ccccc1F. The van der Waals surface area contributed by atoms with Crippen LogP contribution >= 0.6 is 0 Å². The summed E-state index contributed by atoms with van der Waals surface area (Å²) in [4.78, 5) is 0. The number of benzene rings is 1. The van der Waals surface area contributed by atoms with Crippen molar-refractivity contribution < 1.29 is 8.94 Å². The van der Waals surface area contributed by atoms with Crippen molar-refractivity contribution in [1.82, 2.24) is 4.72 Å². The predicted octanol–water partition coefficient (Wildman–Crippen LogP) is 3.57. The molecule has 0 spiro atoms. The largest absolute Gasteiger partial charge is 0.598 e. The molecule has 0 saturated carbocycles. The van der Waals surface area contributed by atoms with Gasteiger partial charge in [-0.3, -0.25) is 0 Å². The monoisotopic (exact) mass is 271 g/mol. The normalized spacial score (nSPS) is 15.8. The van der Waals surface area contributed by atoms with Crippen LogP contribution in [-0.2, 0) is 11.4 Å². The van der Waals surface area contributed by atoms with Crippen LogP contribution in [0.2, 0.25) is 0 Å². The lowest BCUT2D eigenvalue weighted by Crippen LogP contribution is -2.42. The minimum Gasteiger partial charge on any atom is -0.598 e. The first-order valence-corrected chi connectivity index (χ1v) is 7.31. The van der Waals surface area contributed by atoms with E-state index in [1.165, 1.54) is 6.07 Å². The quantitative estimate of drug-likeness (QED) is 0.850. The summed E-state index contributed by atoms with van der Waals surface area (Å²) in [7, 11) is 0. The molecule has 0 radical (unpaired) electrons. The van der Waals surface area contributed by atoms with Crippen molar-refractivity contribution in [2.75, 3.05) is 0 Å². The highest BCUT2D eigenvalue weighted by Crippen LogP contribution is 2.27. The Kier molecular flexibility index (Phi) is 5.20. The molecule has 1 rings (SSSR count). The van der Waals surface area contributed by atoms with Gasteiger partial charge in [-0.2, -0.15) is 0 Å². The predicted molar refractivity (Wildman–Crippen MR) is 75.0 cm³/mol. The second-order valence-corrected chi connectivity index (χ2v) is 7.74. The van der Waals surface area contributed by atoms with Gasteiger partial charge >= 0.3 is 0 Å². The van der Waals surface area contributed by atoms with Gasteiger partial charge < -0.3 is 4.55 Å². The molecule has 0 aromatic heterocycles. The third-order valence-corrected chi connectivity index (χ3v) is 4.28. The van der Waals surface area contributed by atoms with E-state index in [0.717, 1.165) is 0 Å². The molecular formula is C14H22FNOS. The molecule has 18 heavy (non-hydrogen) atoms. The number of hydrogen-bond acceptors (Lipinski definition) is 2. The molecule has 0 bridgehead atoms. The van der Waals surface area contributed by atoms with Crippen molar-refractivity contribution in [2.45, 2.75) is 45.4 Å². The number of nitrogens with one attached hydrogen (secondary N) is 1. The molecule has 0 amide bonds. The van der Waals surface area contributed by atoms with Gasteiger partial charge in [0, 0.05) is 16.9 Å². The summed E-state index contributed by atoms with van der Waals surface area (Å²) in [5, 5.41) is 0. The lowest BCUT2D eigenvalue weighted by atomic mass is 9.97. The first-order chi connectivity index (χ1) is 8.23. The highest BCUT2D eigenvalue weighted by molar-refractivity contribution is 7.90. The smallest absolute Gasteiger partial charge is 0.136 e. The second kappa shape index (κ2) is 6.04. The third kappa shape index (κ3) is 3.97. The minimum atomic E-state index is -1.21. The molecule has 0 saturated heterocycles. The molecule has 0 aliphatic carbocycles. The van der Waals surface area contributed by atoms with Gasteiger partial charge in [0.05, 0.1) is 6.04 Å². The Labute approximate surface area is 112 Å². The molecule has 0 heterocycles. The van der Waals surface area contributed by atoms with Gasteiger partial charge in [0.25, 0.3) is 0 Å². The molecule has 0 aliphatic rings. The van der Waals surface area contributed by atoms with Crippen LogP contribution < -0.4 is 4.72 Å². The molecule has 0 fully saturated rings. The second-order valence-electron chi connectivity index (χ2n) is 5.74. The average molecular weight is 271 g/mol. The molecule has 0 aliphatic heterocycles. The molecule has 1 unspecified atom stereocenters. The zero-order chi connectivity index (χ0) is 13.9.